The fraction of sp³-hybridized carbons (Fsp3) is 0.478. The fourth-order valence-electron chi connectivity index (χ4n) is 4.09. The normalized spacial score (nSPS) is 17.5. The Morgan fingerprint density at radius 1 is 1.39 bits per heavy atom. The SMILES string of the molecule is C=C(Nc1cnccc1N1CCC[C@H](CC(C)(C)[Si](C)(C)O)C1)c1nc(Br)ccc1N. The maximum Gasteiger partial charge on any atom is 0.188 e. The standard InChI is InChI=1S/C23H34BrN5OSi/c1-16(22-18(25)8-9-21(24)28-22)27-19-14-26-11-10-20(19)29-12-6-7-17(15-29)13-23(2,3)31(4,5)30/h8-11,14,17,27,30H,1,6-7,12-13,15,25H2,2-5H3/t17-/m1/s1. The van der Waals surface area contributed by atoms with Crippen LogP contribution in [0.25, 0.3) is 5.70 Å². The van der Waals surface area contributed by atoms with E-state index in [9.17, 15) is 4.80 Å². The zero-order valence-electron chi connectivity index (χ0n) is 19.0. The smallest absolute Gasteiger partial charge is 0.188 e. The van der Waals surface area contributed by atoms with Gasteiger partial charge in [-0.2, -0.15) is 0 Å². The summed E-state index contributed by atoms with van der Waals surface area (Å²) in [7, 11) is -2.23. The highest BCUT2D eigenvalue weighted by atomic mass is 79.9. The van der Waals surface area contributed by atoms with Crippen molar-refractivity contribution in [2.45, 2.75) is 51.2 Å². The first-order valence-corrected chi connectivity index (χ1v) is 14.5. The molecular formula is C23H34BrN5OSi. The molecule has 6 nitrogen and oxygen atoms in total. The second kappa shape index (κ2) is 9.30. The Bertz CT molecular complexity index is 944. The van der Waals surface area contributed by atoms with Crippen molar-refractivity contribution in [3.63, 3.8) is 0 Å². The van der Waals surface area contributed by atoms with E-state index in [2.05, 4.69) is 56.5 Å². The van der Waals surface area contributed by atoms with Crippen LogP contribution in [0.5, 0.6) is 0 Å². The summed E-state index contributed by atoms with van der Waals surface area (Å²) in [4.78, 5) is 21.9. The van der Waals surface area contributed by atoms with Crippen molar-refractivity contribution in [1.29, 1.82) is 0 Å². The van der Waals surface area contributed by atoms with Gasteiger partial charge in [0.2, 0.25) is 0 Å². The molecule has 168 valence electrons. The van der Waals surface area contributed by atoms with E-state index in [0.717, 1.165) is 37.3 Å². The van der Waals surface area contributed by atoms with Gasteiger partial charge < -0.3 is 20.7 Å². The number of aromatic nitrogens is 2. The molecule has 1 atom stereocenters. The topological polar surface area (TPSA) is 87.3 Å². The highest BCUT2D eigenvalue weighted by molar-refractivity contribution is 9.10. The van der Waals surface area contributed by atoms with Crippen LogP contribution in [0, 0.1) is 5.92 Å². The molecule has 1 aliphatic rings. The van der Waals surface area contributed by atoms with Crippen molar-refractivity contribution < 1.29 is 4.80 Å². The lowest BCUT2D eigenvalue weighted by Crippen LogP contribution is -2.43. The lowest BCUT2D eigenvalue weighted by atomic mass is 9.89. The van der Waals surface area contributed by atoms with Gasteiger partial charge in [-0.15, -0.1) is 0 Å². The van der Waals surface area contributed by atoms with Crippen LogP contribution in [0.1, 0.15) is 38.8 Å². The molecule has 1 fully saturated rings. The monoisotopic (exact) mass is 503 g/mol. The second-order valence-electron chi connectivity index (χ2n) is 9.67. The van der Waals surface area contributed by atoms with Crippen molar-refractivity contribution in [3.8, 4) is 0 Å². The Morgan fingerprint density at radius 3 is 2.84 bits per heavy atom. The molecule has 3 rings (SSSR count). The number of hydrogen-bond donors (Lipinski definition) is 3. The number of pyridine rings is 2. The summed E-state index contributed by atoms with van der Waals surface area (Å²) in [6, 6.07) is 5.67. The van der Waals surface area contributed by atoms with E-state index in [0.29, 0.717) is 27.6 Å². The van der Waals surface area contributed by atoms with Crippen LogP contribution in [-0.4, -0.2) is 36.2 Å². The highest BCUT2D eigenvalue weighted by Crippen LogP contribution is 2.44. The van der Waals surface area contributed by atoms with Crippen LogP contribution in [0.3, 0.4) is 0 Å². The minimum absolute atomic E-state index is 0.0157. The number of nitrogen functional groups attached to an aromatic ring is 1. The van der Waals surface area contributed by atoms with Gasteiger partial charge in [0.15, 0.2) is 8.32 Å². The predicted molar refractivity (Wildman–Crippen MR) is 137 cm³/mol. The summed E-state index contributed by atoms with van der Waals surface area (Å²) in [6.45, 7) is 14.7. The maximum absolute atomic E-state index is 10.7. The van der Waals surface area contributed by atoms with E-state index >= 15 is 0 Å². The molecule has 0 amide bonds. The van der Waals surface area contributed by atoms with Gasteiger partial charge in [-0.1, -0.05) is 20.4 Å². The molecule has 0 aliphatic carbocycles. The molecule has 0 saturated carbocycles. The fourth-order valence-corrected chi connectivity index (χ4v) is 5.19. The van der Waals surface area contributed by atoms with Gasteiger partial charge in [-0.05, 0) is 77.4 Å². The molecule has 4 N–H and O–H groups in total. The highest BCUT2D eigenvalue weighted by Gasteiger charge is 2.40. The lowest BCUT2D eigenvalue weighted by Gasteiger charge is -2.42. The van der Waals surface area contributed by atoms with Crippen LogP contribution in [-0.2, 0) is 0 Å². The molecule has 0 aromatic carbocycles. The predicted octanol–water partition coefficient (Wildman–Crippen LogP) is 5.49. The van der Waals surface area contributed by atoms with Crippen molar-refractivity contribution in [3.05, 3.63) is 47.5 Å². The summed E-state index contributed by atoms with van der Waals surface area (Å²) < 4.78 is 0.711. The Hall–Kier alpha value is -1.90. The van der Waals surface area contributed by atoms with Gasteiger partial charge in [0, 0.05) is 19.3 Å². The Balaban J connectivity index is 1.78. The van der Waals surface area contributed by atoms with Crippen LogP contribution in [0.15, 0.2) is 41.8 Å². The average Bonchev–Trinajstić information content (AvgIpc) is 2.69. The third-order valence-electron chi connectivity index (χ3n) is 6.58. The number of hydrogen-bond acceptors (Lipinski definition) is 6. The average molecular weight is 505 g/mol. The Morgan fingerprint density at radius 2 is 2.13 bits per heavy atom. The number of halogens is 1. The van der Waals surface area contributed by atoms with E-state index in [1.54, 1.807) is 0 Å². The maximum atomic E-state index is 10.7. The van der Waals surface area contributed by atoms with E-state index < -0.39 is 8.32 Å². The summed E-state index contributed by atoms with van der Waals surface area (Å²) >= 11 is 3.40. The molecule has 31 heavy (non-hydrogen) atoms. The Kier molecular flexibility index (Phi) is 7.13. The molecule has 0 unspecified atom stereocenters. The first-order valence-electron chi connectivity index (χ1n) is 10.8. The van der Waals surface area contributed by atoms with E-state index in [-0.39, 0.29) is 5.04 Å². The number of piperidine rings is 1. The first-order chi connectivity index (χ1) is 14.5. The van der Waals surface area contributed by atoms with E-state index in [4.69, 9.17) is 5.73 Å². The zero-order valence-corrected chi connectivity index (χ0v) is 21.5. The Labute approximate surface area is 195 Å². The van der Waals surface area contributed by atoms with Crippen molar-refractivity contribution in [2.24, 2.45) is 5.92 Å². The molecule has 2 aromatic heterocycles. The van der Waals surface area contributed by atoms with Crippen LogP contribution in [0.2, 0.25) is 18.1 Å². The molecular weight excluding hydrogens is 470 g/mol. The molecule has 1 aliphatic heterocycles. The molecule has 3 heterocycles. The second-order valence-corrected chi connectivity index (χ2v) is 15.0. The summed E-state index contributed by atoms with van der Waals surface area (Å²) in [5, 5.41) is 3.37. The molecule has 0 bridgehead atoms. The summed E-state index contributed by atoms with van der Waals surface area (Å²) in [5.74, 6) is 0.550. The lowest BCUT2D eigenvalue weighted by molar-refractivity contribution is 0.330. The van der Waals surface area contributed by atoms with Gasteiger partial charge in [-0.25, -0.2) is 4.98 Å². The summed E-state index contributed by atoms with van der Waals surface area (Å²) in [6.07, 6.45) is 7.02. The van der Waals surface area contributed by atoms with Gasteiger partial charge in [0.25, 0.3) is 0 Å². The molecule has 0 radical (unpaired) electrons. The van der Waals surface area contributed by atoms with E-state index in [1.807, 2.05) is 43.7 Å². The number of nitrogens with two attached hydrogens (primary N) is 1. The zero-order chi connectivity index (χ0) is 22.8. The van der Waals surface area contributed by atoms with Crippen molar-refractivity contribution in [1.82, 2.24) is 9.97 Å². The third-order valence-corrected chi connectivity index (χ3v) is 10.5. The number of rotatable bonds is 7. The van der Waals surface area contributed by atoms with Gasteiger partial charge in [0.1, 0.15) is 10.3 Å². The minimum atomic E-state index is -2.23. The number of nitrogens with one attached hydrogen (secondary N) is 1. The van der Waals surface area contributed by atoms with Crippen molar-refractivity contribution >= 4 is 47.0 Å². The van der Waals surface area contributed by atoms with Gasteiger partial charge >= 0.3 is 0 Å². The van der Waals surface area contributed by atoms with Crippen molar-refractivity contribution in [2.75, 3.05) is 29.0 Å². The van der Waals surface area contributed by atoms with Crippen LogP contribution >= 0.6 is 15.9 Å². The van der Waals surface area contributed by atoms with Crippen LogP contribution < -0.4 is 16.0 Å². The van der Waals surface area contributed by atoms with E-state index in [1.165, 1.54) is 6.42 Å². The molecule has 8 heteroatoms. The number of anilines is 3. The first kappa shape index (κ1) is 23.8. The number of nitrogens with zero attached hydrogens (tertiary/aromatic N) is 3. The van der Waals surface area contributed by atoms with Gasteiger partial charge in [0.05, 0.1) is 29.0 Å². The quantitative estimate of drug-likeness (QED) is 0.342. The molecule has 2 aromatic rings. The third kappa shape index (κ3) is 5.67. The molecule has 1 saturated heterocycles. The summed E-state index contributed by atoms with van der Waals surface area (Å²) in [5.41, 5.74) is 9.94. The largest absolute Gasteiger partial charge is 0.432 e. The van der Waals surface area contributed by atoms with Gasteiger partial charge in [-0.3, -0.25) is 4.98 Å². The molecule has 0 spiro atoms. The minimum Gasteiger partial charge on any atom is -0.432 e. The van der Waals surface area contributed by atoms with Crippen LogP contribution in [0.4, 0.5) is 17.1 Å².